The van der Waals surface area contributed by atoms with Crippen LogP contribution < -0.4 is 15.8 Å². The van der Waals surface area contributed by atoms with Gasteiger partial charge in [-0.05, 0) is 6.42 Å². The van der Waals surface area contributed by atoms with Crippen LogP contribution in [0.3, 0.4) is 0 Å². The molecule has 0 radical (unpaired) electrons. The average Bonchev–Trinajstić information content (AvgIpc) is 2.94. The smallest absolute Gasteiger partial charge is 0.177 e. The largest absolute Gasteiger partial charge is 0.492 e. The molecule has 0 amide bonds. The third kappa shape index (κ3) is 2.46. The first kappa shape index (κ1) is 12.0. The Balaban J connectivity index is 2.06. The third-order valence-corrected chi connectivity index (χ3v) is 3.83. The van der Waals surface area contributed by atoms with E-state index in [2.05, 4.69) is 11.4 Å². The molecule has 1 aliphatic rings. The van der Waals surface area contributed by atoms with Crippen molar-refractivity contribution in [1.29, 1.82) is 5.26 Å². The Morgan fingerprint density at radius 1 is 1.71 bits per heavy atom. The van der Waals surface area contributed by atoms with E-state index >= 15 is 0 Å². The van der Waals surface area contributed by atoms with E-state index in [1.54, 1.807) is 7.11 Å². The van der Waals surface area contributed by atoms with Crippen molar-refractivity contribution >= 4 is 22.0 Å². The van der Waals surface area contributed by atoms with Gasteiger partial charge in [-0.3, -0.25) is 0 Å². The van der Waals surface area contributed by atoms with Gasteiger partial charge in [0.25, 0.3) is 0 Å². The van der Waals surface area contributed by atoms with E-state index in [-0.39, 0.29) is 0 Å². The topological polar surface area (TPSA) is 80.3 Å². The summed E-state index contributed by atoms with van der Waals surface area (Å²) in [5.74, 6) is 1.10. The standard InChI is InChI=1S/C11H15N3O2S/c1-15-10-9(13)8(4-12)17-11(10)14-5-7-2-3-16-6-7/h7,14H,2-3,5-6,13H2,1H3. The Labute approximate surface area is 104 Å². The van der Waals surface area contributed by atoms with Crippen LogP contribution in [0.15, 0.2) is 0 Å². The fourth-order valence-corrected chi connectivity index (χ4v) is 2.71. The highest BCUT2D eigenvalue weighted by Gasteiger charge is 2.19. The molecule has 3 N–H and O–H groups in total. The lowest BCUT2D eigenvalue weighted by Crippen LogP contribution is -2.13. The number of ether oxygens (including phenoxy) is 2. The van der Waals surface area contributed by atoms with Crippen molar-refractivity contribution in [3.63, 3.8) is 0 Å². The molecule has 1 aromatic rings. The fourth-order valence-electron chi connectivity index (χ4n) is 1.81. The van der Waals surface area contributed by atoms with E-state index in [4.69, 9.17) is 20.5 Å². The van der Waals surface area contributed by atoms with Crippen molar-refractivity contribution in [2.24, 2.45) is 5.92 Å². The number of nitrogens with zero attached hydrogens (tertiary/aromatic N) is 1. The van der Waals surface area contributed by atoms with Crippen molar-refractivity contribution < 1.29 is 9.47 Å². The minimum absolute atomic E-state index is 0.421. The van der Waals surface area contributed by atoms with Gasteiger partial charge >= 0.3 is 0 Å². The summed E-state index contributed by atoms with van der Waals surface area (Å²) in [6.45, 7) is 2.45. The number of thiophene rings is 1. The first-order valence-corrected chi connectivity index (χ1v) is 6.26. The number of nitrogens with one attached hydrogen (secondary N) is 1. The summed E-state index contributed by atoms with van der Waals surface area (Å²) in [5.41, 5.74) is 6.23. The molecule has 17 heavy (non-hydrogen) atoms. The molecule has 1 aromatic heterocycles. The van der Waals surface area contributed by atoms with Gasteiger partial charge in [0.15, 0.2) is 5.75 Å². The van der Waals surface area contributed by atoms with Gasteiger partial charge in [0.2, 0.25) is 0 Å². The second-order valence-electron chi connectivity index (χ2n) is 3.93. The lowest BCUT2D eigenvalue weighted by Gasteiger charge is -2.10. The second kappa shape index (κ2) is 5.25. The van der Waals surface area contributed by atoms with E-state index < -0.39 is 0 Å². The maximum absolute atomic E-state index is 8.91. The van der Waals surface area contributed by atoms with Crippen LogP contribution in [0, 0.1) is 17.2 Å². The molecular formula is C11H15N3O2S. The number of nitrogen functional groups attached to an aromatic ring is 1. The molecule has 1 fully saturated rings. The lowest BCUT2D eigenvalue weighted by atomic mass is 10.1. The van der Waals surface area contributed by atoms with Crippen LogP contribution in [0.4, 0.5) is 10.7 Å². The maximum Gasteiger partial charge on any atom is 0.177 e. The number of nitriles is 1. The van der Waals surface area contributed by atoms with E-state index in [1.165, 1.54) is 11.3 Å². The van der Waals surface area contributed by atoms with Gasteiger partial charge in [-0.2, -0.15) is 5.26 Å². The van der Waals surface area contributed by atoms with Crippen molar-refractivity contribution in [2.75, 3.05) is 37.9 Å². The molecule has 2 heterocycles. The SMILES string of the molecule is COc1c(NCC2CCOC2)sc(C#N)c1N. The Bertz CT molecular complexity index is 433. The summed E-state index contributed by atoms with van der Waals surface area (Å²) in [4.78, 5) is 0.493. The van der Waals surface area contributed by atoms with Gasteiger partial charge in [0.1, 0.15) is 21.6 Å². The number of hydrogen-bond acceptors (Lipinski definition) is 6. The summed E-state index contributed by atoms with van der Waals surface area (Å²) in [5, 5.41) is 13.0. The van der Waals surface area contributed by atoms with E-state index in [0.29, 0.717) is 22.2 Å². The molecule has 92 valence electrons. The van der Waals surface area contributed by atoms with E-state index in [9.17, 15) is 0 Å². The first-order valence-electron chi connectivity index (χ1n) is 5.44. The van der Waals surface area contributed by atoms with Crippen LogP contribution in [-0.4, -0.2) is 26.9 Å². The molecule has 1 atom stereocenters. The van der Waals surface area contributed by atoms with Crippen molar-refractivity contribution in [3.8, 4) is 11.8 Å². The van der Waals surface area contributed by atoms with Crippen molar-refractivity contribution in [3.05, 3.63) is 4.88 Å². The second-order valence-corrected chi connectivity index (χ2v) is 4.95. The summed E-state index contributed by atoms with van der Waals surface area (Å²) in [6, 6.07) is 2.07. The van der Waals surface area contributed by atoms with E-state index in [0.717, 1.165) is 31.2 Å². The van der Waals surface area contributed by atoms with Gasteiger partial charge < -0.3 is 20.5 Å². The van der Waals surface area contributed by atoms with Crippen LogP contribution in [0.25, 0.3) is 0 Å². The molecule has 0 spiro atoms. The number of hydrogen-bond donors (Lipinski definition) is 2. The van der Waals surface area contributed by atoms with Gasteiger partial charge in [-0.1, -0.05) is 0 Å². The fraction of sp³-hybridized carbons (Fsp3) is 0.545. The zero-order valence-corrected chi connectivity index (χ0v) is 10.5. The number of nitrogens with two attached hydrogens (primary N) is 1. The molecule has 6 heteroatoms. The van der Waals surface area contributed by atoms with Crippen LogP contribution in [0.5, 0.6) is 5.75 Å². The molecular weight excluding hydrogens is 238 g/mol. The van der Waals surface area contributed by atoms with Crippen LogP contribution in [0.1, 0.15) is 11.3 Å². The van der Waals surface area contributed by atoms with Crippen molar-refractivity contribution in [2.45, 2.75) is 6.42 Å². The Morgan fingerprint density at radius 3 is 3.12 bits per heavy atom. The molecule has 5 nitrogen and oxygen atoms in total. The number of methoxy groups -OCH3 is 1. The molecule has 2 rings (SSSR count). The molecule has 0 aromatic carbocycles. The molecule has 0 aliphatic carbocycles. The predicted molar refractivity (Wildman–Crippen MR) is 67.4 cm³/mol. The highest BCUT2D eigenvalue weighted by Crippen LogP contribution is 2.42. The zero-order valence-electron chi connectivity index (χ0n) is 9.66. The number of anilines is 2. The van der Waals surface area contributed by atoms with Crippen LogP contribution >= 0.6 is 11.3 Å². The van der Waals surface area contributed by atoms with Crippen molar-refractivity contribution in [1.82, 2.24) is 0 Å². The molecule has 0 saturated carbocycles. The minimum Gasteiger partial charge on any atom is -0.492 e. The highest BCUT2D eigenvalue weighted by atomic mass is 32.1. The Hall–Kier alpha value is -1.45. The van der Waals surface area contributed by atoms with Gasteiger partial charge in [-0.15, -0.1) is 11.3 Å². The zero-order chi connectivity index (χ0) is 12.3. The van der Waals surface area contributed by atoms with Crippen LogP contribution in [-0.2, 0) is 4.74 Å². The highest BCUT2D eigenvalue weighted by molar-refractivity contribution is 7.17. The summed E-state index contributed by atoms with van der Waals surface area (Å²) < 4.78 is 10.5. The van der Waals surface area contributed by atoms with Crippen LogP contribution in [0.2, 0.25) is 0 Å². The lowest BCUT2D eigenvalue weighted by molar-refractivity contribution is 0.187. The third-order valence-electron chi connectivity index (χ3n) is 2.78. The Kier molecular flexibility index (Phi) is 3.71. The predicted octanol–water partition coefficient (Wildman–Crippen LogP) is 1.66. The first-order chi connectivity index (χ1) is 8.26. The minimum atomic E-state index is 0.421. The van der Waals surface area contributed by atoms with Gasteiger partial charge in [0, 0.05) is 19.1 Å². The quantitative estimate of drug-likeness (QED) is 0.853. The molecule has 0 bridgehead atoms. The van der Waals surface area contributed by atoms with Gasteiger partial charge in [-0.25, -0.2) is 0 Å². The number of rotatable bonds is 4. The molecule has 1 aliphatic heterocycles. The van der Waals surface area contributed by atoms with E-state index in [1.807, 2.05) is 0 Å². The average molecular weight is 253 g/mol. The molecule has 1 unspecified atom stereocenters. The Morgan fingerprint density at radius 2 is 2.53 bits per heavy atom. The normalized spacial score (nSPS) is 18.9. The summed E-state index contributed by atoms with van der Waals surface area (Å²) >= 11 is 1.33. The monoisotopic (exact) mass is 253 g/mol. The molecule has 1 saturated heterocycles. The summed E-state index contributed by atoms with van der Waals surface area (Å²) in [6.07, 6.45) is 1.07. The van der Waals surface area contributed by atoms with Gasteiger partial charge in [0.05, 0.1) is 13.7 Å². The maximum atomic E-state index is 8.91. The summed E-state index contributed by atoms with van der Waals surface area (Å²) in [7, 11) is 1.56.